The molecular weight excluding hydrogens is 590 g/mol. The van der Waals surface area contributed by atoms with Gasteiger partial charge in [0.15, 0.2) is 5.65 Å². The van der Waals surface area contributed by atoms with Crippen molar-refractivity contribution in [1.82, 2.24) is 29.4 Å². The van der Waals surface area contributed by atoms with E-state index in [-0.39, 0.29) is 5.91 Å². The molecule has 3 N–H and O–H groups in total. The molecule has 4 heterocycles. The van der Waals surface area contributed by atoms with Crippen LogP contribution < -0.4 is 5.32 Å². The number of amides is 1. The molecule has 1 saturated heterocycles. The van der Waals surface area contributed by atoms with Gasteiger partial charge in [0.25, 0.3) is 5.91 Å². The number of fused-ring (bicyclic) bond motifs is 3. The third kappa shape index (κ3) is 8.21. The minimum Gasteiger partial charge on any atom is -0.475 e. The van der Waals surface area contributed by atoms with E-state index in [0.717, 1.165) is 29.0 Å². The van der Waals surface area contributed by atoms with Crippen molar-refractivity contribution >= 4 is 34.5 Å². The molecule has 5 rings (SSSR count). The number of carbonyl (C=O) groups is 3. The van der Waals surface area contributed by atoms with Crippen LogP contribution in [-0.4, -0.2) is 84.6 Å². The summed E-state index contributed by atoms with van der Waals surface area (Å²) in [5.41, 5.74) is 5.86. The molecule has 11 nitrogen and oxygen atoms in total. The number of pyridine rings is 1. The summed E-state index contributed by atoms with van der Waals surface area (Å²) in [6.07, 6.45) is -8.87. The maximum atomic E-state index is 12.6. The van der Waals surface area contributed by atoms with Crippen molar-refractivity contribution in [3.8, 4) is 0 Å². The maximum absolute atomic E-state index is 12.6. The van der Waals surface area contributed by atoms with E-state index in [0.29, 0.717) is 12.2 Å². The fourth-order valence-electron chi connectivity index (χ4n) is 4.14. The number of carboxylic acids is 2. The van der Waals surface area contributed by atoms with Gasteiger partial charge in [0, 0.05) is 20.1 Å². The second-order valence-corrected chi connectivity index (χ2v) is 9.29. The number of aromatic nitrogens is 4. The van der Waals surface area contributed by atoms with Crippen LogP contribution in [0.3, 0.4) is 0 Å². The van der Waals surface area contributed by atoms with Gasteiger partial charge < -0.3 is 20.1 Å². The quantitative estimate of drug-likeness (QED) is 0.287. The zero-order valence-electron chi connectivity index (χ0n) is 22.7. The summed E-state index contributed by atoms with van der Waals surface area (Å²) in [7, 11) is 1.66. The lowest BCUT2D eigenvalue weighted by molar-refractivity contribution is -0.193. The average molecular weight is 617 g/mol. The van der Waals surface area contributed by atoms with Gasteiger partial charge in [-0.3, -0.25) is 14.1 Å². The van der Waals surface area contributed by atoms with Gasteiger partial charge in [0.05, 0.1) is 11.0 Å². The van der Waals surface area contributed by atoms with Gasteiger partial charge in [-0.15, -0.1) is 10.2 Å². The molecule has 1 amide bonds. The molecule has 43 heavy (non-hydrogen) atoms. The fourth-order valence-corrected chi connectivity index (χ4v) is 4.14. The van der Waals surface area contributed by atoms with Crippen LogP contribution in [0.1, 0.15) is 33.9 Å². The van der Waals surface area contributed by atoms with Crippen LogP contribution in [0.25, 0.3) is 16.7 Å². The molecule has 232 valence electrons. The van der Waals surface area contributed by atoms with Crippen molar-refractivity contribution in [2.45, 2.75) is 38.8 Å². The first-order valence-electron chi connectivity index (χ1n) is 12.5. The molecule has 0 radical (unpaired) electrons. The molecule has 3 aromatic heterocycles. The van der Waals surface area contributed by atoms with Crippen LogP contribution >= 0.6 is 0 Å². The lowest BCUT2D eigenvalue weighted by atomic mass is 10.1. The smallest absolute Gasteiger partial charge is 0.475 e. The highest BCUT2D eigenvalue weighted by molar-refractivity contribution is 5.98. The van der Waals surface area contributed by atoms with Crippen LogP contribution in [0.2, 0.25) is 0 Å². The summed E-state index contributed by atoms with van der Waals surface area (Å²) in [6, 6.07) is 14.6. The minimum absolute atomic E-state index is 0.100. The lowest BCUT2D eigenvalue weighted by Crippen LogP contribution is -2.36. The van der Waals surface area contributed by atoms with E-state index in [9.17, 15) is 31.1 Å². The van der Waals surface area contributed by atoms with Crippen molar-refractivity contribution in [1.29, 1.82) is 0 Å². The highest BCUT2D eigenvalue weighted by Gasteiger charge is 2.38. The SMILES string of the molecule is CNC(=O)c1cc2c(ccc3nnc(C)n32)n1Cc1cccc(CN2CCC2)c1.O=C(O)C(F)(F)F.O=C(O)C(F)(F)F. The Labute approximate surface area is 239 Å². The van der Waals surface area contributed by atoms with Gasteiger partial charge in [0.2, 0.25) is 0 Å². The molecule has 1 aromatic carbocycles. The molecule has 4 aromatic rings. The highest BCUT2D eigenvalue weighted by Crippen LogP contribution is 2.24. The zero-order valence-corrected chi connectivity index (χ0v) is 22.7. The van der Waals surface area contributed by atoms with Crippen LogP contribution in [0, 0.1) is 6.92 Å². The Kier molecular flexibility index (Phi) is 10.0. The minimum atomic E-state index is -5.08. The number of aliphatic carboxylic acids is 2. The van der Waals surface area contributed by atoms with Crippen molar-refractivity contribution in [3.63, 3.8) is 0 Å². The van der Waals surface area contributed by atoms with Gasteiger partial charge >= 0.3 is 24.3 Å². The fraction of sp³-hybridized carbons (Fsp3) is 0.346. The number of aryl methyl sites for hydroxylation is 1. The van der Waals surface area contributed by atoms with E-state index in [2.05, 4.69) is 49.2 Å². The number of halogens is 6. The van der Waals surface area contributed by atoms with Crippen LogP contribution in [0.15, 0.2) is 42.5 Å². The Hall–Kier alpha value is -4.67. The number of benzene rings is 1. The number of nitrogens with zero attached hydrogens (tertiary/aromatic N) is 5. The Balaban J connectivity index is 0.000000303. The third-order valence-electron chi connectivity index (χ3n) is 6.23. The molecule has 0 atom stereocenters. The number of alkyl halides is 6. The van der Waals surface area contributed by atoms with Crippen molar-refractivity contribution in [2.24, 2.45) is 0 Å². The molecule has 17 heteroatoms. The number of hydrogen-bond donors (Lipinski definition) is 3. The molecular formula is C26H26F6N6O5. The summed E-state index contributed by atoms with van der Waals surface area (Å²) in [6.45, 7) is 5.91. The molecule has 1 aliphatic heterocycles. The maximum Gasteiger partial charge on any atom is 0.490 e. The van der Waals surface area contributed by atoms with Gasteiger partial charge in [-0.2, -0.15) is 26.3 Å². The van der Waals surface area contributed by atoms with E-state index in [1.165, 1.54) is 30.6 Å². The summed E-state index contributed by atoms with van der Waals surface area (Å²) in [5, 5.41) is 25.4. The Bertz CT molecular complexity index is 1600. The second-order valence-electron chi connectivity index (χ2n) is 9.29. The van der Waals surface area contributed by atoms with Crippen LogP contribution in [-0.2, 0) is 22.7 Å². The third-order valence-corrected chi connectivity index (χ3v) is 6.23. The first-order chi connectivity index (χ1) is 20.0. The number of carbonyl (C=O) groups excluding carboxylic acids is 1. The number of carboxylic acid groups (broad SMARTS) is 2. The van der Waals surface area contributed by atoms with Crippen molar-refractivity contribution in [3.05, 3.63) is 65.1 Å². The molecule has 0 saturated carbocycles. The molecule has 1 aliphatic rings. The summed E-state index contributed by atoms with van der Waals surface area (Å²) < 4.78 is 67.5. The van der Waals surface area contributed by atoms with Gasteiger partial charge in [-0.05, 0) is 55.8 Å². The van der Waals surface area contributed by atoms with E-state index in [1.807, 2.05) is 29.5 Å². The number of likely N-dealkylation sites (tertiary alicyclic amines) is 1. The standard InChI is InChI=1S/C22H24N6O.2C2HF3O2/c1-15-24-25-21-8-7-18-19(28(15)21)12-20(22(29)23-2)27(18)14-17-6-3-5-16(11-17)13-26-9-4-10-26;2*3-2(4,5)1(6)7/h3,5-8,11-12H,4,9-10,13-14H2,1-2H3,(H,23,29);2*(H,6,7). The van der Waals surface area contributed by atoms with Crippen molar-refractivity contribution in [2.75, 3.05) is 20.1 Å². The van der Waals surface area contributed by atoms with E-state index in [1.54, 1.807) is 7.05 Å². The Morgan fingerprint density at radius 1 is 0.860 bits per heavy atom. The Morgan fingerprint density at radius 2 is 1.42 bits per heavy atom. The first-order valence-corrected chi connectivity index (χ1v) is 12.5. The molecule has 0 unspecified atom stereocenters. The lowest BCUT2D eigenvalue weighted by Gasteiger charge is -2.30. The zero-order chi connectivity index (χ0) is 32.1. The summed E-state index contributed by atoms with van der Waals surface area (Å²) in [5.74, 6) is -4.81. The summed E-state index contributed by atoms with van der Waals surface area (Å²) >= 11 is 0. The molecule has 0 bridgehead atoms. The number of rotatable bonds is 5. The van der Waals surface area contributed by atoms with Crippen LogP contribution in [0.5, 0.6) is 0 Å². The van der Waals surface area contributed by atoms with Crippen LogP contribution in [0.4, 0.5) is 26.3 Å². The topological polar surface area (TPSA) is 142 Å². The number of nitrogens with one attached hydrogen (secondary N) is 1. The predicted octanol–water partition coefficient (Wildman–Crippen LogP) is 3.87. The van der Waals surface area contributed by atoms with Gasteiger partial charge in [0.1, 0.15) is 11.5 Å². The predicted molar refractivity (Wildman–Crippen MR) is 139 cm³/mol. The molecule has 0 spiro atoms. The van der Waals surface area contributed by atoms with E-state index >= 15 is 0 Å². The molecule has 1 fully saturated rings. The normalized spacial score (nSPS) is 13.4. The Morgan fingerprint density at radius 3 is 1.91 bits per heavy atom. The second kappa shape index (κ2) is 13.1. The first kappa shape index (κ1) is 32.8. The summed E-state index contributed by atoms with van der Waals surface area (Å²) in [4.78, 5) is 32.9. The number of hydrogen-bond acceptors (Lipinski definition) is 6. The largest absolute Gasteiger partial charge is 0.490 e. The highest BCUT2D eigenvalue weighted by atomic mass is 19.4. The average Bonchev–Trinajstić information content (AvgIpc) is 3.46. The van der Waals surface area contributed by atoms with E-state index < -0.39 is 24.3 Å². The van der Waals surface area contributed by atoms with Gasteiger partial charge in [-0.25, -0.2) is 9.59 Å². The van der Waals surface area contributed by atoms with Crippen molar-refractivity contribution < 1.29 is 50.9 Å². The molecule has 0 aliphatic carbocycles. The van der Waals surface area contributed by atoms with E-state index in [4.69, 9.17) is 19.8 Å². The monoisotopic (exact) mass is 616 g/mol. The van der Waals surface area contributed by atoms with Gasteiger partial charge in [-0.1, -0.05) is 24.3 Å².